The van der Waals surface area contributed by atoms with E-state index in [1.807, 2.05) is 75.4 Å². The molecule has 4 heteroatoms. The smallest absolute Gasteiger partial charge is 0.255 e. The highest BCUT2D eigenvalue weighted by atomic mass is 16.5. The number of benzene rings is 2. The van der Waals surface area contributed by atoms with Gasteiger partial charge in [-0.15, -0.1) is 0 Å². The normalized spacial score (nSPS) is 12.0. The molecule has 0 spiro atoms. The van der Waals surface area contributed by atoms with E-state index in [1.165, 1.54) is 0 Å². The van der Waals surface area contributed by atoms with Gasteiger partial charge in [0, 0.05) is 5.56 Å². The molecule has 2 aromatic rings. The summed E-state index contributed by atoms with van der Waals surface area (Å²) in [4.78, 5) is 12.2. The predicted octanol–water partition coefficient (Wildman–Crippen LogP) is 3.49. The number of rotatable bonds is 4. The highest BCUT2D eigenvalue weighted by Crippen LogP contribution is 2.25. The van der Waals surface area contributed by atoms with E-state index < -0.39 is 11.8 Å². The minimum Gasteiger partial charge on any atom is -0.363 e. The lowest BCUT2D eigenvalue weighted by Crippen LogP contribution is -2.27. The molecule has 0 saturated carbocycles. The standard InChI is InChI=1S/C21H23NO3/c1-21(2,3)25-14-8-10-16-9-7-13-18(15-16)19(20(23)22-24)17-11-5-4-6-12-17/h4-7,9,11-13,15,19,24H,14H2,1-3H3,(H,22,23). The fourth-order valence-corrected chi connectivity index (χ4v) is 2.39. The summed E-state index contributed by atoms with van der Waals surface area (Å²) in [5.74, 6) is 4.96. The van der Waals surface area contributed by atoms with Crippen LogP contribution in [0.4, 0.5) is 0 Å². The summed E-state index contributed by atoms with van der Waals surface area (Å²) >= 11 is 0. The van der Waals surface area contributed by atoms with Crippen molar-refractivity contribution in [3.63, 3.8) is 0 Å². The molecular formula is C21H23NO3. The van der Waals surface area contributed by atoms with Crippen LogP contribution in [0.5, 0.6) is 0 Å². The first kappa shape index (κ1) is 18.7. The van der Waals surface area contributed by atoms with Crippen LogP contribution in [0.1, 0.15) is 43.4 Å². The first-order valence-corrected chi connectivity index (χ1v) is 8.12. The monoisotopic (exact) mass is 337 g/mol. The molecule has 2 rings (SSSR count). The summed E-state index contributed by atoms with van der Waals surface area (Å²) in [7, 11) is 0. The van der Waals surface area contributed by atoms with Gasteiger partial charge in [0.1, 0.15) is 6.61 Å². The zero-order chi connectivity index (χ0) is 18.3. The third kappa shape index (κ3) is 5.75. The maximum Gasteiger partial charge on any atom is 0.255 e. The van der Waals surface area contributed by atoms with E-state index in [9.17, 15) is 4.79 Å². The Bertz CT molecular complexity index is 767. The maximum atomic E-state index is 12.2. The van der Waals surface area contributed by atoms with E-state index in [0.717, 1.165) is 16.7 Å². The average molecular weight is 337 g/mol. The highest BCUT2D eigenvalue weighted by molar-refractivity contribution is 5.86. The minimum atomic E-state index is -0.598. The lowest BCUT2D eigenvalue weighted by Gasteiger charge is -2.17. The van der Waals surface area contributed by atoms with E-state index in [-0.39, 0.29) is 5.60 Å². The van der Waals surface area contributed by atoms with Crippen molar-refractivity contribution in [3.8, 4) is 11.8 Å². The van der Waals surface area contributed by atoms with Gasteiger partial charge in [0.05, 0.1) is 11.5 Å². The number of hydroxylamine groups is 1. The first-order chi connectivity index (χ1) is 11.9. The van der Waals surface area contributed by atoms with Crippen molar-refractivity contribution in [2.45, 2.75) is 32.3 Å². The van der Waals surface area contributed by atoms with Gasteiger partial charge in [0.2, 0.25) is 0 Å². The van der Waals surface area contributed by atoms with Crippen molar-refractivity contribution >= 4 is 5.91 Å². The molecule has 130 valence electrons. The fourth-order valence-electron chi connectivity index (χ4n) is 2.39. The Morgan fingerprint density at radius 3 is 2.44 bits per heavy atom. The molecule has 2 N–H and O–H groups in total. The molecule has 1 atom stereocenters. The van der Waals surface area contributed by atoms with E-state index in [2.05, 4.69) is 11.8 Å². The summed E-state index contributed by atoms with van der Waals surface area (Å²) < 4.78 is 5.58. The molecule has 0 aliphatic rings. The van der Waals surface area contributed by atoms with Gasteiger partial charge in [-0.25, -0.2) is 5.48 Å². The van der Waals surface area contributed by atoms with E-state index in [0.29, 0.717) is 6.61 Å². The molecule has 0 heterocycles. The van der Waals surface area contributed by atoms with E-state index in [4.69, 9.17) is 9.94 Å². The van der Waals surface area contributed by atoms with Gasteiger partial charge in [-0.1, -0.05) is 54.3 Å². The van der Waals surface area contributed by atoms with Gasteiger partial charge in [0.15, 0.2) is 0 Å². The van der Waals surface area contributed by atoms with Crippen LogP contribution in [0.3, 0.4) is 0 Å². The molecule has 0 fully saturated rings. The van der Waals surface area contributed by atoms with Crippen LogP contribution in [-0.4, -0.2) is 23.3 Å². The molecule has 0 aliphatic heterocycles. The van der Waals surface area contributed by atoms with Crippen LogP contribution < -0.4 is 5.48 Å². The van der Waals surface area contributed by atoms with E-state index >= 15 is 0 Å². The van der Waals surface area contributed by atoms with Crippen LogP contribution in [0.25, 0.3) is 0 Å². The van der Waals surface area contributed by atoms with Gasteiger partial charge in [-0.3, -0.25) is 10.0 Å². The van der Waals surface area contributed by atoms with Crippen molar-refractivity contribution in [1.82, 2.24) is 5.48 Å². The number of carbonyl (C=O) groups is 1. The molecular weight excluding hydrogens is 314 g/mol. The summed E-state index contributed by atoms with van der Waals surface area (Å²) in [6, 6.07) is 16.8. The van der Waals surface area contributed by atoms with Crippen LogP contribution in [0, 0.1) is 11.8 Å². The van der Waals surface area contributed by atoms with Gasteiger partial charge < -0.3 is 4.74 Å². The van der Waals surface area contributed by atoms with Crippen molar-refractivity contribution in [2.24, 2.45) is 0 Å². The summed E-state index contributed by atoms with van der Waals surface area (Å²) in [5, 5.41) is 9.10. The van der Waals surface area contributed by atoms with E-state index in [1.54, 1.807) is 5.48 Å². The predicted molar refractivity (Wildman–Crippen MR) is 97.2 cm³/mol. The van der Waals surface area contributed by atoms with Crippen LogP contribution in [0.15, 0.2) is 54.6 Å². The SMILES string of the molecule is CC(C)(C)OCC#Cc1cccc(C(C(=O)NO)c2ccccc2)c1. The summed E-state index contributed by atoms with van der Waals surface area (Å²) in [6.07, 6.45) is 0. The molecule has 0 saturated heterocycles. The van der Waals surface area contributed by atoms with Crippen molar-refractivity contribution in [2.75, 3.05) is 6.61 Å². The lowest BCUT2D eigenvalue weighted by molar-refractivity contribution is -0.129. The zero-order valence-electron chi connectivity index (χ0n) is 14.7. The zero-order valence-corrected chi connectivity index (χ0v) is 14.7. The Kier molecular flexibility index (Phi) is 6.35. The van der Waals surface area contributed by atoms with Gasteiger partial charge in [0.25, 0.3) is 5.91 Å². The number of nitrogens with one attached hydrogen (secondary N) is 1. The number of carbonyl (C=O) groups excluding carboxylic acids is 1. The van der Waals surface area contributed by atoms with Crippen LogP contribution >= 0.6 is 0 Å². The third-order valence-corrected chi connectivity index (χ3v) is 3.54. The summed E-state index contributed by atoms with van der Waals surface area (Å²) in [6.45, 7) is 6.28. The number of hydrogen-bond acceptors (Lipinski definition) is 3. The first-order valence-electron chi connectivity index (χ1n) is 8.12. The quantitative estimate of drug-likeness (QED) is 0.510. The van der Waals surface area contributed by atoms with Gasteiger partial charge in [-0.2, -0.15) is 0 Å². The molecule has 1 amide bonds. The molecule has 1 unspecified atom stereocenters. The van der Waals surface area contributed by atoms with Crippen molar-refractivity contribution in [3.05, 3.63) is 71.3 Å². The molecule has 0 bridgehead atoms. The second-order valence-electron chi connectivity index (χ2n) is 6.65. The maximum absolute atomic E-state index is 12.2. The number of hydrogen-bond donors (Lipinski definition) is 2. The average Bonchev–Trinajstić information content (AvgIpc) is 2.59. The Morgan fingerprint density at radius 2 is 1.80 bits per heavy atom. The molecule has 0 aliphatic carbocycles. The number of amides is 1. The molecule has 2 aromatic carbocycles. The Morgan fingerprint density at radius 1 is 1.12 bits per heavy atom. The van der Waals surface area contributed by atoms with Gasteiger partial charge >= 0.3 is 0 Å². The minimum absolute atomic E-state index is 0.228. The molecule has 0 aromatic heterocycles. The van der Waals surface area contributed by atoms with Crippen molar-refractivity contribution in [1.29, 1.82) is 0 Å². The Balaban J connectivity index is 2.26. The van der Waals surface area contributed by atoms with Gasteiger partial charge in [-0.05, 0) is 44.0 Å². The molecule has 0 radical (unpaired) electrons. The topological polar surface area (TPSA) is 58.6 Å². The second-order valence-corrected chi connectivity index (χ2v) is 6.65. The second kappa shape index (κ2) is 8.48. The Labute approximate surface area is 148 Å². The van der Waals surface area contributed by atoms with Crippen LogP contribution in [0.2, 0.25) is 0 Å². The third-order valence-electron chi connectivity index (χ3n) is 3.54. The summed E-state index contributed by atoms with van der Waals surface area (Å²) in [5.41, 5.74) is 3.89. The highest BCUT2D eigenvalue weighted by Gasteiger charge is 2.22. The fraction of sp³-hybridized carbons (Fsp3) is 0.286. The molecule has 4 nitrogen and oxygen atoms in total. The molecule has 25 heavy (non-hydrogen) atoms. The Hall–Kier alpha value is -2.61. The largest absolute Gasteiger partial charge is 0.363 e. The van der Waals surface area contributed by atoms with Crippen LogP contribution in [-0.2, 0) is 9.53 Å². The van der Waals surface area contributed by atoms with Crippen molar-refractivity contribution < 1.29 is 14.7 Å². The lowest BCUT2D eigenvalue weighted by atomic mass is 9.90. The number of ether oxygens (including phenoxy) is 1.